The summed E-state index contributed by atoms with van der Waals surface area (Å²) in [5.74, 6) is 2.37. The lowest BCUT2D eigenvalue weighted by molar-refractivity contribution is 0.174. The molecule has 4 heteroatoms. The number of ether oxygens (including phenoxy) is 2. The summed E-state index contributed by atoms with van der Waals surface area (Å²) < 4.78 is 10.8. The van der Waals surface area contributed by atoms with Gasteiger partial charge in [-0.05, 0) is 48.6 Å². The number of rotatable bonds is 2. The first kappa shape index (κ1) is 13.3. The first-order valence-electron chi connectivity index (χ1n) is 7.62. The second-order valence-corrected chi connectivity index (χ2v) is 6.13. The van der Waals surface area contributed by atoms with Gasteiger partial charge in [0.25, 0.3) is 0 Å². The molecule has 0 saturated carbocycles. The van der Waals surface area contributed by atoms with Gasteiger partial charge in [0.1, 0.15) is 5.75 Å². The van der Waals surface area contributed by atoms with Crippen molar-refractivity contribution in [3.8, 4) is 17.2 Å². The number of phenols is 1. The van der Waals surface area contributed by atoms with Crippen LogP contribution in [-0.2, 0) is 0 Å². The van der Waals surface area contributed by atoms with E-state index in [0.717, 1.165) is 29.2 Å². The van der Waals surface area contributed by atoms with Crippen LogP contribution in [0.1, 0.15) is 42.0 Å². The Balaban J connectivity index is 1.67. The molecule has 1 aliphatic carbocycles. The number of nitrogens with one attached hydrogen (secondary N) is 1. The van der Waals surface area contributed by atoms with Gasteiger partial charge in [0.2, 0.25) is 6.79 Å². The Morgan fingerprint density at radius 3 is 2.77 bits per heavy atom. The number of fused-ring (bicyclic) bond motifs is 2. The lowest BCUT2D eigenvalue weighted by Gasteiger charge is -2.17. The number of aryl methyl sites for hydroxylation is 1. The molecule has 2 N–H and O–H groups in total. The van der Waals surface area contributed by atoms with Crippen LogP contribution in [0.4, 0.5) is 5.69 Å². The number of hydrogen-bond donors (Lipinski definition) is 2. The van der Waals surface area contributed by atoms with Crippen molar-refractivity contribution >= 4 is 5.69 Å². The molecule has 114 valence electrons. The van der Waals surface area contributed by atoms with Gasteiger partial charge in [0.15, 0.2) is 11.5 Å². The zero-order valence-corrected chi connectivity index (χ0v) is 12.7. The van der Waals surface area contributed by atoms with Crippen LogP contribution in [0.15, 0.2) is 30.3 Å². The fourth-order valence-corrected chi connectivity index (χ4v) is 3.66. The minimum absolute atomic E-state index is 0.116. The van der Waals surface area contributed by atoms with Gasteiger partial charge in [-0.25, -0.2) is 0 Å². The fraction of sp³-hybridized carbons (Fsp3) is 0.333. The van der Waals surface area contributed by atoms with E-state index in [1.807, 2.05) is 24.3 Å². The molecule has 4 nitrogen and oxygen atoms in total. The topological polar surface area (TPSA) is 50.7 Å². The smallest absolute Gasteiger partial charge is 0.231 e. The Kier molecular flexibility index (Phi) is 2.93. The van der Waals surface area contributed by atoms with E-state index < -0.39 is 0 Å². The summed E-state index contributed by atoms with van der Waals surface area (Å²) >= 11 is 0. The van der Waals surface area contributed by atoms with Gasteiger partial charge in [0.05, 0.1) is 6.04 Å². The standard InChI is InChI=1S/C18H19NO3/c1-10-3-5-14(20)18-13(7-11(2)17(10)18)19-12-4-6-15-16(8-12)22-9-21-15/h3-6,8,11,13,19-20H,7,9H2,1-2H3. The van der Waals surface area contributed by atoms with Crippen LogP contribution in [0.5, 0.6) is 17.2 Å². The minimum atomic E-state index is 0.116. The van der Waals surface area contributed by atoms with Crippen molar-refractivity contribution in [2.75, 3.05) is 12.1 Å². The predicted molar refractivity (Wildman–Crippen MR) is 84.8 cm³/mol. The Morgan fingerprint density at radius 2 is 1.91 bits per heavy atom. The van der Waals surface area contributed by atoms with Crippen molar-refractivity contribution in [1.82, 2.24) is 0 Å². The van der Waals surface area contributed by atoms with E-state index in [0.29, 0.717) is 11.7 Å². The zero-order chi connectivity index (χ0) is 15.3. The number of benzene rings is 2. The Morgan fingerprint density at radius 1 is 1.09 bits per heavy atom. The molecule has 2 aromatic carbocycles. The highest BCUT2D eigenvalue weighted by Gasteiger charge is 2.32. The highest BCUT2D eigenvalue weighted by molar-refractivity contribution is 5.59. The highest BCUT2D eigenvalue weighted by atomic mass is 16.7. The average molecular weight is 297 g/mol. The van der Waals surface area contributed by atoms with E-state index in [2.05, 4.69) is 19.2 Å². The molecule has 2 aliphatic rings. The van der Waals surface area contributed by atoms with E-state index in [9.17, 15) is 5.11 Å². The molecular weight excluding hydrogens is 278 g/mol. The molecule has 4 rings (SSSR count). The molecule has 0 saturated heterocycles. The summed E-state index contributed by atoms with van der Waals surface area (Å²) in [6.45, 7) is 4.60. The molecule has 0 radical (unpaired) electrons. The number of hydrogen-bond acceptors (Lipinski definition) is 4. The third kappa shape index (κ3) is 1.98. The molecule has 2 unspecified atom stereocenters. The summed E-state index contributed by atoms with van der Waals surface area (Å²) in [5.41, 5.74) is 4.54. The van der Waals surface area contributed by atoms with Gasteiger partial charge in [-0.2, -0.15) is 0 Å². The predicted octanol–water partition coefficient (Wildman–Crippen LogP) is 4.09. The molecule has 2 aromatic rings. The summed E-state index contributed by atoms with van der Waals surface area (Å²) in [6, 6.07) is 9.76. The summed E-state index contributed by atoms with van der Waals surface area (Å²) in [7, 11) is 0. The largest absolute Gasteiger partial charge is 0.508 e. The maximum absolute atomic E-state index is 10.3. The van der Waals surface area contributed by atoms with Crippen LogP contribution >= 0.6 is 0 Å². The monoisotopic (exact) mass is 297 g/mol. The number of aromatic hydroxyl groups is 1. The highest BCUT2D eigenvalue weighted by Crippen LogP contribution is 2.47. The van der Waals surface area contributed by atoms with Gasteiger partial charge in [0, 0.05) is 17.3 Å². The lowest BCUT2D eigenvalue weighted by Crippen LogP contribution is -2.07. The van der Waals surface area contributed by atoms with E-state index in [1.165, 1.54) is 11.1 Å². The summed E-state index contributed by atoms with van der Waals surface area (Å²) in [5, 5.41) is 13.8. The van der Waals surface area contributed by atoms with Gasteiger partial charge >= 0.3 is 0 Å². The molecule has 0 fully saturated rings. The maximum Gasteiger partial charge on any atom is 0.231 e. The molecule has 0 aromatic heterocycles. The van der Waals surface area contributed by atoms with E-state index in [1.54, 1.807) is 6.07 Å². The molecule has 1 aliphatic heterocycles. The number of phenolic OH excluding ortho intramolecular Hbond substituents is 1. The molecule has 0 amide bonds. The van der Waals surface area contributed by atoms with Crippen molar-refractivity contribution in [2.24, 2.45) is 0 Å². The maximum atomic E-state index is 10.3. The Hall–Kier alpha value is -2.36. The molecule has 1 heterocycles. The second-order valence-electron chi connectivity index (χ2n) is 6.13. The van der Waals surface area contributed by atoms with Gasteiger partial charge in [-0.15, -0.1) is 0 Å². The second kappa shape index (κ2) is 4.83. The average Bonchev–Trinajstić information content (AvgIpc) is 3.08. The molecule has 0 spiro atoms. The number of anilines is 1. The quantitative estimate of drug-likeness (QED) is 0.876. The van der Waals surface area contributed by atoms with Crippen LogP contribution in [0.25, 0.3) is 0 Å². The fourth-order valence-electron chi connectivity index (χ4n) is 3.66. The van der Waals surface area contributed by atoms with Crippen molar-refractivity contribution < 1.29 is 14.6 Å². The first-order valence-corrected chi connectivity index (χ1v) is 7.62. The lowest BCUT2D eigenvalue weighted by atomic mass is 9.97. The van der Waals surface area contributed by atoms with E-state index >= 15 is 0 Å². The Bertz CT molecular complexity index is 741. The zero-order valence-electron chi connectivity index (χ0n) is 12.7. The normalized spacial score (nSPS) is 21.7. The molecule has 22 heavy (non-hydrogen) atoms. The van der Waals surface area contributed by atoms with Crippen molar-refractivity contribution in [3.63, 3.8) is 0 Å². The minimum Gasteiger partial charge on any atom is -0.508 e. The van der Waals surface area contributed by atoms with E-state index in [4.69, 9.17) is 9.47 Å². The SMILES string of the molecule is Cc1ccc(O)c2c1C(C)CC2Nc1ccc2c(c1)OCO2. The van der Waals surface area contributed by atoms with Crippen molar-refractivity contribution in [2.45, 2.75) is 32.2 Å². The third-order valence-electron chi connectivity index (χ3n) is 4.63. The van der Waals surface area contributed by atoms with Gasteiger partial charge in [-0.1, -0.05) is 13.0 Å². The van der Waals surface area contributed by atoms with E-state index in [-0.39, 0.29) is 12.8 Å². The molecule has 2 atom stereocenters. The summed E-state index contributed by atoms with van der Waals surface area (Å²) in [6.07, 6.45) is 0.974. The third-order valence-corrected chi connectivity index (χ3v) is 4.63. The van der Waals surface area contributed by atoms with Crippen molar-refractivity contribution in [3.05, 3.63) is 47.0 Å². The molecule has 0 bridgehead atoms. The van der Waals surface area contributed by atoms with Crippen molar-refractivity contribution in [1.29, 1.82) is 0 Å². The van der Waals surface area contributed by atoms with Crippen LogP contribution in [-0.4, -0.2) is 11.9 Å². The van der Waals surface area contributed by atoms with Gasteiger partial charge < -0.3 is 19.9 Å². The summed E-state index contributed by atoms with van der Waals surface area (Å²) in [4.78, 5) is 0. The van der Waals surface area contributed by atoms with Crippen LogP contribution in [0.3, 0.4) is 0 Å². The van der Waals surface area contributed by atoms with Crippen LogP contribution in [0, 0.1) is 6.92 Å². The Labute approximate surface area is 129 Å². The van der Waals surface area contributed by atoms with Crippen LogP contribution in [0.2, 0.25) is 0 Å². The molecular formula is C18H19NO3. The van der Waals surface area contributed by atoms with Gasteiger partial charge in [-0.3, -0.25) is 0 Å². The van der Waals surface area contributed by atoms with Crippen LogP contribution < -0.4 is 14.8 Å². The first-order chi connectivity index (χ1) is 10.6.